The number of carbonyl (C=O) groups excluding carboxylic acids is 2. The first-order valence-corrected chi connectivity index (χ1v) is 6.05. The van der Waals surface area contributed by atoms with Crippen LogP contribution in [-0.4, -0.2) is 29.2 Å². The van der Waals surface area contributed by atoms with Crippen molar-refractivity contribution in [3.63, 3.8) is 0 Å². The first-order valence-electron chi connectivity index (χ1n) is 5.17. The fourth-order valence-electron chi connectivity index (χ4n) is 2.45. The van der Waals surface area contributed by atoms with Gasteiger partial charge in [-0.25, -0.2) is 0 Å². The van der Waals surface area contributed by atoms with Crippen LogP contribution >= 0.6 is 11.3 Å². The van der Waals surface area contributed by atoms with Gasteiger partial charge in [0.15, 0.2) is 5.78 Å². The Balaban J connectivity index is 2.09. The largest absolute Gasteiger partial charge is 0.332 e. The fraction of sp³-hybridized carbons (Fsp3) is 0.455. The SMILES string of the molecule is O=C1c2ccsc2CC(=O)N2CCC[C@@H]12. The molecule has 1 atom stereocenters. The molecule has 4 heteroatoms. The molecule has 2 aliphatic rings. The van der Waals surface area contributed by atoms with Crippen LogP contribution in [0.5, 0.6) is 0 Å². The van der Waals surface area contributed by atoms with Crippen molar-refractivity contribution in [1.29, 1.82) is 0 Å². The molecule has 0 bridgehead atoms. The quantitative estimate of drug-likeness (QED) is 0.665. The highest BCUT2D eigenvalue weighted by Gasteiger charge is 2.38. The maximum absolute atomic E-state index is 12.1. The summed E-state index contributed by atoms with van der Waals surface area (Å²) in [6, 6.07) is 1.69. The Morgan fingerprint density at radius 2 is 2.27 bits per heavy atom. The molecule has 0 saturated carbocycles. The van der Waals surface area contributed by atoms with E-state index in [1.807, 2.05) is 11.4 Å². The van der Waals surface area contributed by atoms with Crippen LogP contribution in [0.2, 0.25) is 0 Å². The van der Waals surface area contributed by atoms with Crippen LogP contribution in [0, 0.1) is 0 Å². The van der Waals surface area contributed by atoms with Gasteiger partial charge in [0.2, 0.25) is 5.91 Å². The average molecular weight is 221 g/mol. The Morgan fingerprint density at radius 1 is 1.40 bits per heavy atom. The summed E-state index contributed by atoms with van der Waals surface area (Å²) in [5, 5.41) is 1.90. The molecule has 0 radical (unpaired) electrons. The lowest BCUT2D eigenvalue weighted by Crippen LogP contribution is -2.38. The van der Waals surface area contributed by atoms with Gasteiger partial charge in [-0.2, -0.15) is 0 Å². The van der Waals surface area contributed by atoms with Crippen LogP contribution < -0.4 is 0 Å². The molecular formula is C11H11NO2S. The molecular weight excluding hydrogens is 210 g/mol. The van der Waals surface area contributed by atoms with Crippen molar-refractivity contribution in [2.45, 2.75) is 25.3 Å². The lowest BCUT2D eigenvalue weighted by molar-refractivity contribution is -0.130. The van der Waals surface area contributed by atoms with Crippen LogP contribution in [0.25, 0.3) is 0 Å². The minimum atomic E-state index is -0.173. The van der Waals surface area contributed by atoms with Gasteiger partial charge in [0, 0.05) is 17.0 Å². The zero-order valence-corrected chi connectivity index (χ0v) is 9.05. The Morgan fingerprint density at radius 3 is 3.13 bits per heavy atom. The van der Waals surface area contributed by atoms with Gasteiger partial charge in [-0.05, 0) is 24.3 Å². The van der Waals surface area contributed by atoms with Crippen molar-refractivity contribution in [3.05, 3.63) is 21.9 Å². The molecule has 0 aliphatic carbocycles. The first-order chi connectivity index (χ1) is 7.27. The fourth-order valence-corrected chi connectivity index (χ4v) is 3.32. The smallest absolute Gasteiger partial charge is 0.228 e. The van der Waals surface area contributed by atoms with E-state index in [2.05, 4.69) is 0 Å². The van der Waals surface area contributed by atoms with E-state index in [9.17, 15) is 9.59 Å². The van der Waals surface area contributed by atoms with Crippen LogP contribution in [0.1, 0.15) is 28.1 Å². The summed E-state index contributed by atoms with van der Waals surface area (Å²) >= 11 is 1.52. The van der Waals surface area contributed by atoms with Crippen LogP contribution in [0.3, 0.4) is 0 Å². The molecule has 0 aromatic carbocycles. The number of ketones is 1. The molecule has 3 heterocycles. The van der Waals surface area contributed by atoms with E-state index in [1.165, 1.54) is 11.3 Å². The van der Waals surface area contributed by atoms with Gasteiger partial charge >= 0.3 is 0 Å². The number of rotatable bonds is 0. The van der Waals surface area contributed by atoms with Gasteiger partial charge in [0.25, 0.3) is 0 Å². The van der Waals surface area contributed by atoms with Crippen molar-refractivity contribution < 1.29 is 9.59 Å². The second-order valence-electron chi connectivity index (χ2n) is 4.04. The summed E-state index contributed by atoms with van der Waals surface area (Å²) in [6.45, 7) is 0.754. The number of thiophene rings is 1. The molecule has 2 aliphatic heterocycles. The molecule has 1 amide bonds. The maximum atomic E-state index is 12.1. The topological polar surface area (TPSA) is 37.4 Å². The number of amides is 1. The monoisotopic (exact) mass is 221 g/mol. The number of carbonyl (C=O) groups is 2. The predicted octanol–water partition coefficient (Wildman–Crippen LogP) is 1.48. The number of nitrogens with zero attached hydrogens (tertiary/aromatic N) is 1. The standard InChI is InChI=1S/C11H11NO2S/c13-10-6-9-7(3-5-15-9)11(14)8-2-1-4-12(8)10/h3,5,8H,1-2,4,6H2/t8-/m0/s1. The van der Waals surface area contributed by atoms with Gasteiger partial charge in [-0.15, -0.1) is 11.3 Å². The Kier molecular flexibility index (Phi) is 1.92. The highest BCUT2D eigenvalue weighted by atomic mass is 32.1. The lowest BCUT2D eigenvalue weighted by atomic mass is 10.0. The third kappa shape index (κ3) is 1.24. The summed E-state index contributed by atoms with van der Waals surface area (Å²) < 4.78 is 0. The van der Waals surface area contributed by atoms with Gasteiger partial charge in [-0.3, -0.25) is 9.59 Å². The zero-order chi connectivity index (χ0) is 10.4. The third-order valence-corrected chi connectivity index (χ3v) is 4.12. The molecule has 3 nitrogen and oxygen atoms in total. The second kappa shape index (κ2) is 3.17. The second-order valence-corrected chi connectivity index (χ2v) is 5.04. The molecule has 1 aromatic heterocycles. The summed E-state index contributed by atoms with van der Waals surface area (Å²) in [7, 11) is 0. The van der Waals surface area contributed by atoms with Gasteiger partial charge < -0.3 is 4.90 Å². The number of hydrogen-bond donors (Lipinski definition) is 0. The number of fused-ring (bicyclic) bond motifs is 2. The van der Waals surface area contributed by atoms with Crippen LogP contribution in [-0.2, 0) is 11.2 Å². The van der Waals surface area contributed by atoms with Gasteiger partial charge in [0.05, 0.1) is 12.5 Å². The number of Topliss-reactive ketones (excluding diaryl/α,β-unsaturated/α-hetero) is 1. The minimum Gasteiger partial charge on any atom is -0.332 e. The maximum Gasteiger partial charge on any atom is 0.228 e. The molecule has 0 spiro atoms. The highest BCUT2D eigenvalue weighted by Crippen LogP contribution is 2.30. The van der Waals surface area contributed by atoms with E-state index in [0.717, 1.165) is 29.8 Å². The van der Waals surface area contributed by atoms with Gasteiger partial charge in [0.1, 0.15) is 0 Å². The lowest BCUT2D eigenvalue weighted by Gasteiger charge is -2.20. The average Bonchev–Trinajstić information content (AvgIpc) is 2.82. The molecule has 78 valence electrons. The molecule has 1 saturated heterocycles. The summed E-state index contributed by atoms with van der Waals surface area (Å²) in [5.41, 5.74) is 0.780. The van der Waals surface area contributed by atoms with E-state index in [1.54, 1.807) is 4.90 Å². The van der Waals surface area contributed by atoms with E-state index in [-0.39, 0.29) is 17.7 Å². The normalized spacial score (nSPS) is 25.1. The van der Waals surface area contributed by atoms with Crippen molar-refractivity contribution in [3.8, 4) is 0 Å². The molecule has 15 heavy (non-hydrogen) atoms. The van der Waals surface area contributed by atoms with Gasteiger partial charge in [-0.1, -0.05) is 0 Å². The van der Waals surface area contributed by atoms with E-state index >= 15 is 0 Å². The third-order valence-electron chi connectivity index (χ3n) is 3.20. The molecule has 1 fully saturated rings. The van der Waals surface area contributed by atoms with E-state index in [0.29, 0.717) is 6.42 Å². The van der Waals surface area contributed by atoms with E-state index in [4.69, 9.17) is 0 Å². The number of hydrogen-bond acceptors (Lipinski definition) is 3. The molecule has 0 unspecified atom stereocenters. The summed E-state index contributed by atoms with van der Waals surface area (Å²) in [5.74, 6) is 0.265. The molecule has 0 N–H and O–H groups in total. The van der Waals surface area contributed by atoms with Crippen molar-refractivity contribution in [2.24, 2.45) is 0 Å². The van der Waals surface area contributed by atoms with E-state index < -0.39 is 0 Å². The minimum absolute atomic E-state index is 0.118. The predicted molar refractivity (Wildman–Crippen MR) is 57.1 cm³/mol. The van der Waals surface area contributed by atoms with Crippen LogP contribution in [0.15, 0.2) is 11.4 Å². The summed E-state index contributed by atoms with van der Waals surface area (Å²) in [6.07, 6.45) is 2.21. The zero-order valence-electron chi connectivity index (χ0n) is 8.23. The molecule has 1 aromatic rings. The Bertz CT molecular complexity index is 438. The Hall–Kier alpha value is -1.16. The first kappa shape index (κ1) is 9.09. The highest BCUT2D eigenvalue weighted by molar-refractivity contribution is 7.10. The van der Waals surface area contributed by atoms with Crippen molar-refractivity contribution in [1.82, 2.24) is 4.90 Å². The summed E-state index contributed by atoms with van der Waals surface area (Å²) in [4.78, 5) is 26.7. The Labute approximate surface area is 91.7 Å². The van der Waals surface area contributed by atoms with Crippen molar-refractivity contribution in [2.75, 3.05) is 6.54 Å². The molecule has 3 rings (SSSR count). The van der Waals surface area contributed by atoms with Crippen LogP contribution in [0.4, 0.5) is 0 Å². The van der Waals surface area contributed by atoms with Crippen molar-refractivity contribution >= 4 is 23.0 Å².